The molecule has 0 saturated carbocycles. The molecule has 0 saturated heterocycles. The number of unbranched alkanes of at least 4 members (excludes halogenated alkanes) is 1. The molecular formula is C27H30OSi. The summed E-state index contributed by atoms with van der Waals surface area (Å²) < 4.78 is 0. The summed E-state index contributed by atoms with van der Waals surface area (Å²) in [5, 5.41) is 3.12. The van der Waals surface area contributed by atoms with Crippen LogP contribution in [0.1, 0.15) is 38.7 Å². The summed E-state index contributed by atoms with van der Waals surface area (Å²) in [7, 11) is -3.16. The van der Waals surface area contributed by atoms with E-state index >= 15 is 0 Å². The van der Waals surface area contributed by atoms with E-state index in [1.165, 1.54) is 11.1 Å². The smallest absolute Gasteiger partial charge is 0.285 e. The first-order chi connectivity index (χ1) is 14.2. The largest absolute Gasteiger partial charge is 0.421 e. The van der Waals surface area contributed by atoms with Crippen molar-refractivity contribution in [2.75, 3.05) is 0 Å². The lowest BCUT2D eigenvalue weighted by Crippen LogP contribution is -2.60. The van der Waals surface area contributed by atoms with Gasteiger partial charge in [-0.1, -0.05) is 116 Å². The lowest BCUT2D eigenvalue weighted by molar-refractivity contribution is 0.578. The van der Waals surface area contributed by atoms with Crippen LogP contribution in [0.2, 0.25) is 0 Å². The van der Waals surface area contributed by atoms with E-state index in [1.807, 2.05) is 49.4 Å². The van der Waals surface area contributed by atoms with Gasteiger partial charge in [-0.25, -0.2) is 0 Å². The van der Waals surface area contributed by atoms with Crippen LogP contribution in [0.3, 0.4) is 0 Å². The van der Waals surface area contributed by atoms with Gasteiger partial charge in [0.25, 0.3) is 8.32 Å². The third kappa shape index (κ3) is 4.67. The maximum atomic E-state index is 12.5. The second-order valence-corrected chi connectivity index (χ2v) is 10.4. The molecule has 0 bridgehead atoms. The van der Waals surface area contributed by atoms with Gasteiger partial charge in [-0.3, -0.25) is 0 Å². The standard InChI is InChI=1S/C27H30OSi/c1-3-5-22-26(23-16-9-6-10-17-23)27(15-4-2)29(28,24-18-11-7-12-19-24)25-20-13-8-14-21-25/h4,6-21,28H,3,5,22H2,1-2H3/b15-4-,27-26-. The third-order valence-electron chi connectivity index (χ3n) is 5.33. The van der Waals surface area contributed by atoms with E-state index in [4.69, 9.17) is 0 Å². The van der Waals surface area contributed by atoms with Crippen LogP contribution in [0, 0.1) is 0 Å². The summed E-state index contributed by atoms with van der Waals surface area (Å²) in [5.41, 5.74) is 2.46. The Morgan fingerprint density at radius 3 is 1.72 bits per heavy atom. The van der Waals surface area contributed by atoms with Crippen LogP contribution in [0.4, 0.5) is 0 Å². The minimum absolute atomic E-state index is 0.954. The molecule has 0 aliphatic carbocycles. The molecule has 3 aromatic rings. The first-order valence-corrected chi connectivity index (χ1v) is 12.4. The molecule has 0 aliphatic heterocycles. The lowest BCUT2D eigenvalue weighted by Gasteiger charge is -2.30. The fraction of sp³-hybridized carbons (Fsp3) is 0.185. The second kappa shape index (κ2) is 10.2. The maximum Gasteiger partial charge on any atom is 0.285 e. The zero-order valence-corrected chi connectivity index (χ0v) is 18.4. The summed E-state index contributed by atoms with van der Waals surface area (Å²) in [5.74, 6) is 0. The van der Waals surface area contributed by atoms with Gasteiger partial charge in [-0.15, -0.1) is 0 Å². The predicted molar refractivity (Wildman–Crippen MR) is 128 cm³/mol. The highest BCUT2D eigenvalue weighted by Gasteiger charge is 2.40. The fourth-order valence-corrected chi connectivity index (χ4v) is 7.29. The highest BCUT2D eigenvalue weighted by molar-refractivity contribution is 7.02. The van der Waals surface area contributed by atoms with Crippen molar-refractivity contribution in [1.29, 1.82) is 0 Å². The monoisotopic (exact) mass is 398 g/mol. The van der Waals surface area contributed by atoms with Crippen LogP contribution in [0.25, 0.3) is 5.57 Å². The molecule has 29 heavy (non-hydrogen) atoms. The summed E-state index contributed by atoms with van der Waals surface area (Å²) >= 11 is 0. The molecule has 0 heterocycles. The topological polar surface area (TPSA) is 20.2 Å². The van der Waals surface area contributed by atoms with Crippen molar-refractivity contribution in [3.05, 3.63) is 114 Å². The van der Waals surface area contributed by atoms with Crippen LogP contribution in [-0.2, 0) is 0 Å². The van der Waals surface area contributed by atoms with Crippen molar-refractivity contribution < 1.29 is 4.80 Å². The predicted octanol–water partition coefficient (Wildman–Crippen LogP) is 5.50. The van der Waals surface area contributed by atoms with Crippen molar-refractivity contribution >= 4 is 24.3 Å². The van der Waals surface area contributed by atoms with Crippen LogP contribution in [0.5, 0.6) is 0 Å². The second-order valence-electron chi connectivity index (χ2n) is 7.30. The first kappa shape index (κ1) is 21.0. The van der Waals surface area contributed by atoms with Crippen LogP contribution in [0.15, 0.2) is 108 Å². The van der Waals surface area contributed by atoms with Gasteiger partial charge in [0.2, 0.25) is 0 Å². The Morgan fingerprint density at radius 2 is 1.28 bits per heavy atom. The van der Waals surface area contributed by atoms with E-state index in [0.29, 0.717) is 0 Å². The number of allylic oxidation sites excluding steroid dienone is 4. The molecule has 0 aliphatic rings. The van der Waals surface area contributed by atoms with Gasteiger partial charge in [-0.05, 0) is 46.5 Å². The molecule has 1 nitrogen and oxygen atoms in total. The molecule has 0 unspecified atom stereocenters. The Kier molecular flexibility index (Phi) is 7.40. The fourth-order valence-electron chi connectivity index (χ4n) is 3.87. The average Bonchev–Trinajstić information content (AvgIpc) is 2.80. The average molecular weight is 399 g/mol. The molecule has 1 N–H and O–H groups in total. The number of benzene rings is 3. The lowest BCUT2D eigenvalue weighted by atomic mass is 9.99. The van der Waals surface area contributed by atoms with Gasteiger partial charge >= 0.3 is 0 Å². The molecule has 0 atom stereocenters. The normalized spacial score (nSPS) is 12.8. The van der Waals surface area contributed by atoms with Crippen molar-refractivity contribution in [2.24, 2.45) is 0 Å². The minimum atomic E-state index is -3.16. The molecular weight excluding hydrogens is 368 g/mol. The summed E-state index contributed by atoms with van der Waals surface area (Å²) in [6.45, 7) is 4.25. The summed E-state index contributed by atoms with van der Waals surface area (Å²) in [4.78, 5) is 12.5. The van der Waals surface area contributed by atoms with Gasteiger partial charge in [-0.2, -0.15) is 0 Å². The molecule has 2 heteroatoms. The van der Waals surface area contributed by atoms with Crippen LogP contribution in [-0.4, -0.2) is 13.1 Å². The first-order valence-electron chi connectivity index (χ1n) is 10.5. The van der Waals surface area contributed by atoms with Crippen molar-refractivity contribution in [1.82, 2.24) is 0 Å². The molecule has 0 fully saturated rings. The maximum absolute atomic E-state index is 12.5. The summed E-state index contributed by atoms with van der Waals surface area (Å²) in [6.07, 6.45) is 7.38. The Bertz CT molecular complexity index is 904. The Hall–Kier alpha value is -2.68. The van der Waals surface area contributed by atoms with E-state index in [2.05, 4.69) is 67.6 Å². The Balaban J connectivity index is 2.35. The SMILES string of the molecule is C/C=C\C(=C(/CCCC)c1ccccc1)[Si](O)(c1ccccc1)c1ccccc1. The number of hydrogen-bond donors (Lipinski definition) is 1. The highest BCUT2D eigenvalue weighted by atomic mass is 28.4. The molecule has 3 rings (SSSR count). The third-order valence-corrected chi connectivity index (χ3v) is 8.92. The zero-order chi connectivity index (χ0) is 20.5. The van der Waals surface area contributed by atoms with Gasteiger partial charge in [0.1, 0.15) is 0 Å². The molecule has 0 aromatic heterocycles. The molecule has 0 spiro atoms. The summed E-state index contributed by atoms with van der Waals surface area (Å²) in [6, 6.07) is 31.0. The van der Waals surface area contributed by atoms with Gasteiger partial charge in [0.15, 0.2) is 0 Å². The van der Waals surface area contributed by atoms with E-state index in [9.17, 15) is 4.80 Å². The van der Waals surface area contributed by atoms with Gasteiger partial charge < -0.3 is 4.80 Å². The van der Waals surface area contributed by atoms with E-state index in [0.717, 1.165) is 34.8 Å². The van der Waals surface area contributed by atoms with E-state index < -0.39 is 8.32 Å². The van der Waals surface area contributed by atoms with Crippen LogP contribution < -0.4 is 10.4 Å². The molecule has 0 radical (unpaired) electrons. The van der Waals surface area contributed by atoms with E-state index in [1.54, 1.807) is 0 Å². The highest BCUT2D eigenvalue weighted by Crippen LogP contribution is 2.30. The molecule has 3 aromatic carbocycles. The minimum Gasteiger partial charge on any atom is -0.421 e. The quantitative estimate of drug-likeness (QED) is 0.392. The van der Waals surface area contributed by atoms with Gasteiger partial charge in [0.05, 0.1) is 0 Å². The van der Waals surface area contributed by atoms with Crippen LogP contribution >= 0.6 is 0 Å². The van der Waals surface area contributed by atoms with Crippen molar-refractivity contribution in [3.8, 4) is 0 Å². The number of hydrogen-bond acceptors (Lipinski definition) is 1. The molecule has 0 amide bonds. The zero-order valence-electron chi connectivity index (χ0n) is 17.4. The van der Waals surface area contributed by atoms with E-state index in [-0.39, 0.29) is 0 Å². The number of rotatable bonds is 8. The Labute approximate surface area is 176 Å². The van der Waals surface area contributed by atoms with Gasteiger partial charge in [0, 0.05) is 0 Å². The van der Waals surface area contributed by atoms with Crippen molar-refractivity contribution in [3.63, 3.8) is 0 Å². The Morgan fingerprint density at radius 1 is 0.793 bits per heavy atom. The molecule has 148 valence electrons. The van der Waals surface area contributed by atoms with Crippen molar-refractivity contribution in [2.45, 2.75) is 33.1 Å².